The quantitative estimate of drug-likeness (QED) is 0.589. The average molecular weight is 291 g/mol. The van der Waals surface area contributed by atoms with E-state index < -0.39 is 0 Å². The first kappa shape index (κ1) is 18.0. The zero-order valence-corrected chi connectivity index (χ0v) is 14.6. The fraction of sp³-hybridized carbons (Fsp3) is 0.684. The average Bonchev–Trinajstić information content (AvgIpc) is 2.46. The summed E-state index contributed by atoms with van der Waals surface area (Å²) in [6, 6.07) is 5.06. The predicted octanol–water partition coefficient (Wildman–Crippen LogP) is 5.32. The summed E-state index contributed by atoms with van der Waals surface area (Å²) in [6.07, 6.45) is 7.70. The van der Waals surface area contributed by atoms with Crippen LogP contribution in [0.2, 0.25) is 0 Å². The third kappa shape index (κ3) is 5.70. The zero-order chi connectivity index (χ0) is 15.7. The number of ether oxygens (including phenoxy) is 1. The molecular formula is C19H33NO. The van der Waals surface area contributed by atoms with Gasteiger partial charge in [0.1, 0.15) is 5.75 Å². The van der Waals surface area contributed by atoms with Crippen molar-refractivity contribution >= 4 is 0 Å². The number of hydrogen-bond acceptors (Lipinski definition) is 2. The van der Waals surface area contributed by atoms with E-state index in [0.717, 1.165) is 12.3 Å². The van der Waals surface area contributed by atoms with Crippen molar-refractivity contribution in [2.45, 2.75) is 72.3 Å². The van der Waals surface area contributed by atoms with E-state index in [1.165, 1.54) is 55.2 Å². The summed E-state index contributed by atoms with van der Waals surface area (Å²) in [5.74, 6) is 1.03. The van der Waals surface area contributed by atoms with Gasteiger partial charge in [0.15, 0.2) is 0 Å². The highest BCUT2D eigenvalue weighted by molar-refractivity contribution is 5.44. The Balaban J connectivity index is 2.81. The van der Waals surface area contributed by atoms with Gasteiger partial charge in [-0.1, -0.05) is 51.7 Å². The molecule has 0 radical (unpaired) electrons. The molecule has 0 aliphatic rings. The van der Waals surface area contributed by atoms with E-state index in [0.29, 0.717) is 6.04 Å². The molecule has 0 amide bonds. The van der Waals surface area contributed by atoms with Crippen LogP contribution in [0.25, 0.3) is 0 Å². The highest BCUT2D eigenvalue weighted by Gasteiger charge is 2.13. The second-order valence-electron chi connectivity index (χ2n) is 6.04. The lowest BCUT2D eigenvalue weighted by molar-refractivity contribution is 0.407. The van der Waals surface area contributed by atoms with Crippen molar-refractivity contribution in [3.8, 4) is 5.75 Å². The molecule has 1 aromatic carbocycles. The molecule has 2 nitrogen and oxygen atoms in total. The second-order valence-corrected chi connectivity index (χ2v) is 6.04. The predicted molar refractivity (Wildman–Crippen MR) is 92.3 cm³/mol. The van der Waals surface area contributed by atoms with Gasteiger partial charge in [-0.15, -0.1) is 0 Å². The van der Waals surface area contributed by atoms with Crippen molar-refractivity contribution in [1.29, 1.82) is 0 Å². The summed E-state index contributed by atoms with van der Waals surface area (Å²) in [5.41, 5.74) is 3.89. The molecule has 0 aliphatic heterocycles. The summed E-state index contributed by atoms with van der Waals surface area (Å²) < 4.78 is 5.48. The first-order valence-corrected chi connectivity index (χ1v) is 8.52. The molecule has 1 rings (SSSR count). The fourth-order valence-electron chi connectivity index (χ4n) is 2.99. The minimum absolute atomic E-state index is 0.477. The number of benzene rings is 1. The lowest BCUT2D eigenvalue weighted by atomic mass is 9.96. The number of aryl methyl sites for hydroxylation is 2. The molecule has 1 N–H and O–H groups in total. The van der Waals surface area contributed by atoms with Gasteiger partial charge in [0.05, 0.1) is 7.11 Å². The molecule has 0 saturated carbocycles. The number of methoxy groups -OCH3 is 1. The van der Waals surface area contributed by atoms with Gasteiger partial charge in [-0.3, -0.25) is 0 Å². The van der Waals surface area contributed by atoms with E-state index in [2.05, 4.69) is 45.1 Å². The van der Waals surface area contributed by atoms with E-state index >= 15 is 0 Å². The summed E-state index contributed by atoms with van der Waals surface area (Å²) in [7, 11) is 1.76. The molecule has 1 atom stereocenters. The smallest absolute Gasteiger partial charge is 0.124 e. The maximum absolute atomic E-state index is 5.48. The van der Waals surface area contributed by atoms with Crippen LogP contribution in [0, 0.1) is 13.8 Å². The van der Waals surface area contributed by atoms with E-state index in [4.69, 9.17) is 4.74 Å². The van der Waals surface area contributed by atoms with Crippen molar-refractivity contribution in [1.82, 2.24) is 5.32 Å². The highest BCUT2D eigenvalue weighted by atomic mass is 16.5. The lowest BCUT2D eigenvalue weighted by Crippen LogP contribution is -2.22. The highest BCUT2D eigenvalue weighted by Crippen LogP contribution is 2.29. The van der Waals surface area contributed by atoms with Crippen molar-refractivity contribution in [2.75, 3.05) is 13.7 Å². The van der Waals surface area contributed by atoms with Gasteiger partial charge in [-0.05, 0) is 49.9 Å². The van der Waals surface area contributed by atoms with Crippen LogP contribution in [-0.4, -0.2) is 13.7 Å². The van der Waals surface area contributed by atoms with E-state index in [1.54, 1.807) is 7.11 Å². The number of rotatable bonds is 10. The van der Waals surface area contributed by atoms with Crippen LogP contribution in [-0.2, 0) is 0 Å². The molecule has 0 bridgehead atoms. The SMILES string of the molecule is CCCCCCC(NCCC)c1cc(C)c(OC)c(C)c1. The summed E-state index contributed by atoms with van der Waals surface area (Å²) in [5, 5.41) is 3.71. The Hall–Kier alpha value is -1.02. The summed E-state index contributed by atoms with van der Waals surface area (Å²) in [4.78, 5) is 0. The number of nitrogens with one attached hydrogen (secondary N) is 1. The maximum Gasteiger partial charge on any atom is 0.124 e. The molecule has 0 aliphatic carbocycles. The molecule has 0 heterocycles. The van der Waals surface area contributed by atoms with E-state index in [-0.39, 0.29) is 0 Å². The molecule has 0 aromatic heterocycles. The monoisotopic (exact) mass is 291 g/mol. The van der Waals surface area contributed by atoms with Gasteiger partial charge in [0.2, 0.25) is 0 Å². The minimum atomic E-state index is 0.477. The van der Waals surface area contributed by atoms with Gasteiger partial charge >= 0.3 is 0 Å². The van der Waals surface area contributed by atoms with E-state index in [1.807, 2.05) is 0 Å². The summed E-state index contributed by atoms with van der Waals surface area (Å²) >= 11 is 0. The Bertz CT molecular complexity index is 391. The largest absolute Gasteiger partial charge is 0.496 e. The first-order chi connectivity index (χ1) is 10.1. The molecule has 0 saturated heterocycles. The molecule has 2 heteroatoms. The van der Waals surface area contributed by atoms with Crippen LogP contribution >= 0.6 is 0 Å². The van der Waals surface area contributed by atoms with Crippen LogP contribution in [0.1, 0.15) is 75.1 Å². The normalized spacial score (nSPS) is 12.4. The van der Waals surface area contributed by atoms with Crippen LogP contribution < -0.4 is 10.1 Å². The Morgan fingerprint density at radius 2 is 1.67 bits per heavy atom. The van der Waals surface area contributed by atoms with Gasteiger partial charge in [-0.25, -0.2) is 0 Å². The van der Waals surface area contributed by atoms with Gasteiger partial charge in [0, 0.05) is 6.04 Å². The standard InChI is InChI=1S/C19H33NO/c1-6-8-9-10-11-18(20-12-7-2)17-13-15(3)19(21-5)16(4)14-17/h13-14,18,20H,6-12H2,1-5H3. The van der Waals surface area contributed by atoms with Crippen LogP contribution in [0.4, 0.5) is 0 Å². The molecule has 120 valence electrons. The van der Waals surface area contributed by atoms with Gasteiger partial charge in [-0.2, -0.15) is 0 Å². The molecule has 0 spiro atoms. The molecule has 21 heavy (non-hydrogen) atoms. The second kappa shape index (κ2) is 9.83. The molecule has 1 unspecified atom stereocenters. The van der Waals surface area contributed by atoms with Crippen molar-refractivity contribution in [3.63, 3.8) is 0 Å². The van der Waals surface area contributed by atoms with E-state index in [9.17, 15) is 0 Å². The molecule has 0 fully saturated rings. The Labute approximate surface area is 131 Å². The van der Waals surface area contributed by atoms with Gasteiger partial charge < -0.3 is 10.1 Å². The molecular weight excluding hydrogens is 258 g/mol. The van der Waals surface area contributed by atoms with Crippen molar-refractivity contribution < 1.29 is 4.74 Å². The minimum Gasteiger partial charge on any atom is -0.496 e. The summed E-state index contributed by atoms with van der Waals surface area (Å²) in [6.45, 7) is 9.86. The van der Waals surface area contributed by atoms with Gasteiger partial charge in [0.25, 0.3) is 0 Å². The Morgan fingerprint density at radius 1 is 1.00 bits per heavy atom. The third-order valence-electron chi connectivity index (χ3n) is 4.08. The fourth-order valence-corrected chi connectivity index (χ4v) is 2.99. The first-order valence-electron chi connectivity index (χ1n) is 8.52. The third-order valence-corrected chi connectivity index (χ3v) is 4.08. The Kier molecular flexibility index (Phi) is 8.44. The Morgan fingerprint density at radius 3 is 2.19 bits per heavy atom. The number of hydrogen-bond donors (Lipinski definition) is 1. The molecule has 1 aromatic rings. The topological polar surface area (TPSA) is 21.3 Å². The van der Waals surface area contributed by atoms with Crippen molar-refractivity contribution in [3.05, 3.63) is 28.8 Å². The zero-order valence-electron chi connectivity index (χ0n) is 14.6. The van der Waals surface area contributed by atoms with Crippen LogP contribution in [0.3, 0.4) is 0 Å². The number of unbranched alkanes of at least 4 members (excludes halogenated alkanes) is 3. The lowest BCUT2D eigenvalue weighted by Gasteiger charge is -2.21. The van der Waals surface area contributed by atoms with Crippen LogP contribution in [0.5, 0.6) is 5.75 Å². The maximum atomic E-state index is 5.48. The van der Waals surface area contributed by atoms with Crippen molar-refractivity contribution in [2.24, 2.45) is 0 Å². The van der Waals surface area contributed by atoms with Crippen LogP contribution in [0.15, 0.2) is 12.1 Å².